The average molecular weight is 313 g/mol. The molecule has 0 unspecified atom stereocenters. The molecule has 122 valence electrons. The molecular formula is C18H23N3O2. The lowest BCUT2D eigenvalue weighted by atomic mass is 9.86. The third-order valence-electron chi connectivity index (χ3n) is 4.86. The number of ether oxygens (including phenoxy) is 1. The molecule has 0 radical (unpaired) electrons. The maximum Gasteiger partial charge on any atom is 0.232 e. The van der Waals surface area contributed by atoms with Crippen LogP contribution >= 0.6 is 0 Å². The summed E-state index contributed by atoms with van der Waals surface area (Å²) in [6, 6.07) is 5.48. The fourth-order valence-corrected chi connectivity index (χ4v) is 3.41. The van der Waals surface area contributed by atoms with Crippen LogP contribution in [-0.2, 0) is 4.79 Å². The van der Waals surface area contributed by atoms with Crippen molar-refractivity contribution in [3.05, 3.63) is 23.9 Å². The topological polar surface area (TPSA) is 66.2 Å². The smallest absolute Gasteiger partial charge is 0.232 e. The molecule has 5 nitrogen and oxygen atoms in total. The van der Waals surface area contributed by atoms with Crippen LogP contribution in [-0.4, -0.2) is 35.0 Å². The monoisotopic (exact) mass is 313 g/mol. The summed E-state index contributed by atoms with van der Waals surface area (Å²) in [6.07, 6.45) is 9.83. The summed E-state index contributed by atoms with van der Waals surface area (Å²) < 4.78 is 5.72. The second-order valence-electron chi connectivity index (χ2n) is 6.55. The van der Waals surface area contributed by atoms with E-state index in [0.717, 1.165) is 12.3 Å². The molecule has 1 saturated carbocycles. The van der Waals surface area contributed by atoms with Crippen LogP contribution in [0.2, 0.25) is 0 Å². The van der Waals surface area contributed by atoms with Gasteiger partial charge in [-0.3, -0.25) is 4.79 Å². The molecule has 1 aromatic heterocycles. The maximum absolute atomic E-state index is 12.2. The van der Waals surface area contributed by atoms with Crippen molar-refractivity contribution in [3.63, 3.8) is 0 Å². The van der Waals surface area contributed by atoms with Crippen LogP contribution in [0.4, 0.5) is 0 Å². The van der Waals surface area contributed by atoms with E-state index in [1.165, 1.54) is 32.1 Å². The van der Waals surface area contributed by atoms with Gasteiger partial charge in [0.05, 0.1) is 13.1 Å². The Hall–Kier alpha value is -2.09. The highest BCUT2D eigenvalue weighted by Crippen LogP contribution is 2.28. The molecule has 1 saturated heterocycles. The van der Waals surface area contributed by atoms with E-state index in [1.54, 1.807) is 18.3 Å². The SMILES string of the molecule is N#Cc1cccnc1OC1CN(C(=O)CCC2CCCCC2)C1. The first-order valence-electron chi connectivity index (χ1n) is 8.56. The molecule has 1 amide bonds. The van der Waals surface area contributed by atoms with Crippen molar-refractivity contribution in [2.75, 3.05) is 13.1 Å². The highest BCUT2D eigenvalue weighted by atomic mass is 16.5. The van der Waals surface area contributed by atoms with Crippen molar-refractivity contribution in [1.82, 2.24) is 9.88 Å². The number of nitriles is 1. The van der Waals surface area contributed by atoms with Gasteiger partial charge in [-0.1, -0.05) is 32.1 Å². The van der Waals surface area contributed by atoms with E-state index in [0.29, 0.717) is 31.0 Å². The fraction of sp³-hybridized carbons (Fsp3) is 0.611. The minimum absolute atomic E-state index is 0.0457. The average Bonchev–Trinajstić information content (AvgIpc) is 2.57. The molecule has 23 heavy (non-hydrogen) atoms. The number of likely N-dealkylation sites (tertiary alicyclic amines) is 1. The summed E-state index contributed by atoms with van der Waals surface area (Å²) >= 11 is 0. The van der Waals surface area contributed by atoms with Gasteiger partial charge in [0.2, 0.25) is 11.8 Å². The normalized spacial score (nSPS) is 19.0. The largest absolute Gasteiger partial charge is 0.470 e. The van der Waals surface area contributed by atoms with Crippen LogP contribution in [0.1, 0.15) is 50.5 Å². The van der Waals surface area contributed by atoms with Crippen molar-refractivity contribution in [2.45, 2.75) is 51.0 Å². The first kappa shape index (κ1) is 15.8. The summed E-state index contributed by atoms with van der Waals surface area (Å²) in [4.78, 5) is 18.1. The van der Waals surface area contributed by atoms with E-state index < -0.39 is 0 Å². The number of carbonyl (C=O) groups excluding carboxylic acids is 1. The van der Waals surface area contributed by atoms with Crippen LogP contribution in [0.3, 0.4) is 0 Å². The Bertz CT molecular complexity index is 584. The number of rotatable bonds is 5. The fourth-order valence-electron chi connectivity index (χ4n) is 3.41. The van der Waals surface area contributed by atoms with E-state index in [4.69, 9.17) is 10.00 Å². The molecular weight excluding hydrogens is 290 g/mol. The quantitative estimate of drug-likeness (QED) is 0.838. The number of hydrogen-bond donors (Lipinski definition) is 0. The van der Waals surface area contributed by atoms with E-state index >= 15 is 0 Å². The number of amides is 1. The van der Waals surface area contributed by atoms with E-state index in [9.17, 15) is 4.79 Å². The Labute approximate surface area is 137 Å². The van der Waals surface area contributed by atoms with Gasteiger partial charge >= 0.3 is 0 Å². The first-order valence-corrected chi connectivity index (χ1v) is 8.56. The molecule has 2 aliphatic rings. The van der Waals surface area contributed by atoms with Crippen molar-refractivity contribution >= 4 is 5.91 Å². The molecule has 0 N–H and O–H groups in total. The predicted molar refractivity (Wildman–Crippen MR) is 85.8 cm³/mol. The summed E-state index contributed by atoms with van der Waals surface area (Å²) in [5.41, 5.74) is 0.439. The van der Waals surface area contributed by atoms with Crippen molar-refractivity contribution in [3.8, 4) is 11.9 Å². The van der Waals surface area contributed by atoms with E-state index in [-0.39, 0.29) is 12.0 Å². The minimum Gasteiger partial charge on any atom is -0.470 e. The molecule has 2 heterocycles. The Morgan fingerprint density at radius 2 is 2.13 bits per heavy atom. The summed E-state index contributed by atoms with van der Waals surface area (Å²) in [5, 5.41) is 9.02. The molecule has 1 aromatic rings. The van der Waals surface area contributed by atoms with Gasteiger partial charge < -0.3 is 9.64 Å². The van der Waals surface area contributed by atoms with Gasteiger partial charge in [-0.05, 0) is 24.5 Å². The Morgan fingerprint density at radius 1 is 1.35 bits per heavy atom. The number of aromatic nitrogens is 1. The summed E-state index contributed by atoms with van der Waals surface area (Å²) in [5.74, 6) is 1.35. The van der Waals surface area contributed by atoms with Crippen LogP contribution in [0.25, 0.3) is 0 Å². The second-order valence-corrected chi connectivity index (χ2v) is 6.55. The Balaban J connectivity index is 1.40. The standard InChI is InChI=1S/C18H23N3O2/c19-11-15-7-4-10-20-18(15)23-16-12-21(13-16)17(22)9-8-14-5-2-1-3-6-14/h4,7,10,14,16H,1-3,5-6,8-9,12-13H2. The second kappa shape index (κ2) is 7.45. The highest BCUT2D eigenvalue weighted by Gasteiger charge is 2.33. The van der Waals surface area contributed by atoms with Gasteiger partial charge in [0.25, 0.3) is 0 Å². The molecule has 2 fully saturated rings. The highest BCUT2D eigenvalue weighted by molar-refractivity contribution is 5.77. The Kier molecular flexibility index (Phi) is 5.12. The third-order valence-corrected chi connectivity index (χ3v) is 4.86. The maximum atomic E-state index is 12.2. The molecule has 0 spiro atoms. The molecule has 0 atom stereocenters. The summed E-state index contributed by atoms with van der Waals surface area (Å²) in [6.45, 7) is 1.20. The van der Waals surface area contributed by atoms with Gasteiger partial charge in [0.15, 0.2) is 0 Å². The predicted octanol–water partition coefficient (Wildman–Crippen LogP) is 2.90. The van der Waals surface area contributed by atoms with Crippen LogP contribution < -0.4 is 4.74 Å². The van der Waals surface area contributed by atoms with Gasteiger partial charge in [-0.15, -0.1) is 0 Å². The Morgan fingerprint density at radius 3 is 2.87 bits per heavy atom. The van der Waals surface area contributed by atoms with Crippen LogP contribution in [0, 0.1) is 17.2 Å². The molecule has 1 aliphatic heterocycles. The lowest BCUT2D eigenvalue weighted by Gasteiger charge is -2.39. The van der Waals surface area contributed by atoms with Gasteiger partial charge in [0, 0.05) is 12.6 Å². The third kappa shape index (κ3) is 4.01. The van der Waals surface area contributed by atoms with Gasteiger partial charge in [0.1, 0.15) is 17.7 Å². The van der Waals surface area contributed by atoms with Gasteiger partial charge in [-0.25, -0.2) is 4.98 Å². The van der Waals surface area contributed by atoms with E-state index in [1.807, 2.05) is 4.90 Å². The van der Waals surface area contributed by atoms with Crippen LogP contribution in [0.15, 0.2) is 18.3 Å². The lowest BCUT2D eigenvalue weighted by Crippen LogP contribution is -2.56. The van der Waals surface area contributed by atoms with Crippen molar-refractivity contribution in [2.24, 2.45) is 5.92 Å². The molecule has 3 rings (SSSR count). The number of hydrogen-bond acceptors (Lipinski definition) is 4. The zero-order valence-corrected chi connectivity index (χ0v) is 13.4. The van der Waals surface area contributed by atoms with Gasteiger partial charge in [-0.2, -0.15) is 5.26 Å². The molecule has 0 aromatic carbocycles. The minimum atomic E-state index is -0.0457. The number of carbonyl (C=O) groups is 1. The molecule has 1 aliphatic carbocycles. The zero-order valence-electron chi connectivity index (χ0n) is 13.4. The number of nitrogens with zero attached hydrogens (tertiary/aromatic N) is 3. The molecule has 5 heteroatoms. The first-order chi connectivity index (χ1) is 11.3. The zero-order chi connectivity index (χ0) is 16.1. The van der Waals surface area contributed by atoms with Crippen molar-refractivity contribution < 1.29 is 9.53 Å². The lowest BCUT2D eigenvalue weighted by molar-refractivity contribution is -0.140. The number of pyridine rings is 1. The van der Waals surface area contributed by atoms with Crippen LogP contribution in [0.5, 0.6) is 5.88 Å². The van der Waals surface area contributed by atoms with Crippen molar-refractivity contribution in [1.29, 1.82) is 5.26 Å². The molecule has 0 bridgehead atoms. The van der Waals surface area contributed by atoms with E-state index in [2.05, 4.69) is 11.1 Å². The summed E-state index contributed by atoms with van der Waals surface area (Å²) in [7, 11) is 0.